The normalized spacial score (nSPS) is 26.3. The quantitative estimate of drug-likeness (QED) is 0.146. The minimum absolute atomic E-state index is 0.0277. The predicted molar refractivity (Wildman–Crippen MR) is 108 cm³/mol. The van der Waals surface area contributed by atoms with Crippen molar-refractivity contribution in [2.24, 2.45) is 0 Å². The van der Waals surface area contributed by atoms with Gasteiger partial charge >= 0.3 is 29.2 Å². The van der Waals surface area contributed by atoms with Crippen LogP contribution in [0, 0.1) is 0 Å². The van der Waals surface area contributed by atoms with Gasteiger partial charge in [-0.1, -0.05) is 5.21 Å². The lowest BCUT2D eigenvalue weighted by molar-refractivity contribution is -0.0542. The monoisotopic (exact) mass is 564 g/mol. The van der Waals surface area contributed by atoms with Crippen molar-refractivity contribution in [1.82, 2.24) is 24.5 Å². The molecule has 3 unspecified atom stereocenters. The maximum absolute atomic E-state index is 12.3. The Bertz CT molecular complexity index is 1250. The number of aliphatic hydroxyl groups is 2. The number of ether oxygens (including phenoxy) is 1. The molecule has 0 spiro atoms. The number of nitrogen functional groups attached to an aromatic ring is 1. The maximum Gasteiger partial charge on any atom is 0.490 e. The Morgan fingerprint density at radius 3 is 2.37 bits per heavy atom. The van der Waals surface area contributed by atoms with Crippen LogP contribution in [0.5, 0.6) is 0 Å². The second-order valence-electron chi connectivity index (χ2n) is 6.87. The van der Waals surface area contributed by atoms with E-state index in [9.17, 15) is 33.6 Å². The maximum atomic E-state index is 12.3. The summed E-state index contributed by atoms with van der Waals surface area (Å²) in [6, 6.07) is 0. The summed E-state index contributed by atoms with van der Waals surface area (Å²) < 4.78 is 52.9. The number of phosphoric acid groups is 3. The third kappa shape index (κ3) is 7.31. The van der Waals surface area contributed by atoms with Gasteiger partial charge in [0.1, 0.15) is 24.1 Å². The van der Waals surface area contributed by atoms with E-state index in [2.05, 4.69) is 28.4 Å². The fourth-order valence-electron chi connectivity index (χ4n) is 2.89. The highest BCUT2D eigenvalue weighted by atomic mass is 31.3. The van der Waals surface area contributed by atoms with E-state index in [1.54, 1.807) is 0 Å². The van der Waals surface area contributed by atoms with Gasteiger partial charge in [0, 0.05) is 18.0 Å². The summed E-state index contributed by atoms with van der Waals surface area (Å²) in [5.74, 6) is -0.154. The summed E-state index contributed by atoms with van der Waals surface area (Å²) >= 11 is 0. The average Bonchev–Trinajstić information content (AvgIpc) is 3.29. The van der Waals surface area contributed by atoms with Crippen LogP contribution in [0.4, 0.5) is 5.82 Å². The molecule has 0 amide bonds. The molecule has 2 aromatic heterocycles. The van der Waals surface area contributed by atoms with E-state index in [4.69, 9.17) is 25.2 Å². The molecule has 3 rings (SSSR count). The van der Waals surface area contributed by atoms with Crippen molar-refractivity contribution >= 4 is 29.3 Å². The van der Waals surface area contributed by atoms with E-state index >= 15 is 0 Å². The Morgan fingerprint density at radius 1 is 1.09 bits per heavy atom. The van der Waals surface area contributed by atoms with Crippen LogP contribution in [-0.4, -0.2) is 79.3 Å². The Kier molecular flexibility index (Phi) is 8.10. The van der Waals surface area contributed by atoms with Gasteiger partial charge in [-0.3, -0.25) is 9.09 Å². The van der Waals surface area contributed by atoms with E-state index < -0.39 is 60.3 Å². The van der Waals surface area contributed by atoms with E-state index in [0.29, 0.717) is 0 Å². The second kappa shape index (κ2) is 10.2. The molecule has 0 aromatic carbocycles. The molecular formula is C12H19N6O14P3. The van der Waals surface area contributed by atoms with Crippen LogP contribution in [-0.2, 0) is 38.1 Å². The van der Waals surface area contributed by atoms with Crippen LogP contribution < -0.4 is 11.4 Å². The summed E-state index contributed by atoms with van der Waals surface area (Å²) in [7, 11) is -16.9. The Labute approximate surface area is 193 Å². The van der Waals surface area contributed by atoms with Crippen molar-refractivity contribution in [3.63, 3.8) is 0 Å². The Morgan fingerprint density at radius 2 is 1.77 bits per heavy atom. The lowest BCUT2D eigenvalue weighted by Crippen LogP contribution is -2.36. The molecule has 2 aromatic rings. The fourth-order valence-corrected chi connectivity index (χ4v) is 5.92. The molecule has 0 aliphatic carbocycles. The number of nitrogens with zero attached hydrogens (tertiary/aromatic N) is 5. The van der Waals surface area contributed by atoms with Crippen LogP contribution in [0.3, 0.4) is 0 Å². The number of nitrogens with two attached hydrogens (primary N) is 1. The highest BCUT2D eigenvalue weighted by Gasteiger charge is 2.47. The van der Waals surface area contributed by atoms with Gasteiger partial charge in [0.25, 0.3) is 0 Å². The fraction of sp³-hybridized carbons (Fsp3) is 0.500. The Hall–Kier alpha value is -1.89. The number of rotatable bonds is 10. The molecule has 23 heteroatoms. The minimum atomic E-state index is -5.76. The molecule has 35 heavy (non-hydrogen) atoms. The molecule has 196 valence electrons. The summed E-state index contributed by atoms with van der Waals surface area (Å²) in [6.07, 6.45) is -2.70. The lowest BCUT2D eigenvalue weighted by atomic mass is 10.1. The predicted octanol–water partition coefficient (Wildman–Crippen LogP) is -2.57. The third-order valence-electron chi connectivity index (χ3n) is 4.29. The first-order valence-corrected chi connectivity index (χ1v) is 13.6. The number of hydrogen-bond donors (Lipinski definition) is 7. The summed E-state index contributed by atoms with van der Waals surface area (Å²) in [4.78, 5) is 51.7. The molecule has 8 N–H and O–H groups in total. The molecular weight excluding hydrogens is 545 g/mol. The van der Waals surface area contributed by atoms with Crippen LogP contribution in [0.15, 0.2) is 23.4 Å². The zero-order chi connectivity index (χ0) is 26.2. The van der Waals surface area contributed by atoms with Crippen molar-refractivity contribution in [2.75, 3.05) is 12.3 Å². The first kappa shape index (κ1) is 27.7. The zero-order valence-corrected chi connectivity index (χ0v) is 19.7. The molecule has 6 atom stereocenters. The lowest BCUT2D eigenvalue weighted by Gasteiger charge is -2.19. The Balaban J connectivity index is 1.72. The average molecular weight is 564 g/mol. The van der Waals surface area contributed by atoms with Gasteiger partial charge in [-0.15, -0.1) is 5.10 Å². The topological polar surface area (TPSA) is 301 Å². The van der Waals surface area contributed by atoms with Gasteiger partial charge in [-0.25, -0.2) is 23.2 Å². The van der Waals surface area contributed by atoms with Gasteiger partial charge in [0.15, 0.2) is 6.23 Å². The molecule has 1 saturated heterocycles. The zero-order valence-electron chi connectivity index (χ0n) is 17.1. The first-order chi connectivity index (χ1) is 16.1. The van der Waals surface area contributed by atoms with E-state index in [1.807, 2.05) is 0 Å². The molecule has 3 heterocycles. The van der Waals surface area contributed by atoms with E-state index in [1.165, 1.54) is 23.3 Å². The van der Waals surface area contributed by atoms with Gasteiger partial charge in [-0.05, 0) is 0 Å². The van der Waals surface area contributed by atoms with Crippen molar-refractivity contribution in [3.05, 3.63) is 34.6 Å². The third-order valence-corrected chi connectivity index (χ3v) is 8.10. The van der Waals surface area contributed by atoms with Crippen LogP contribution in [0.25, 0.3) is 0 Å². The van der Waals surface area contributed by atoms with Crippen LogP contribution in [0.2, 0.25) is 0 Å². The first-order valence-electron chi connectivity index (χ1n) is 9.08. The number of hydrogen-bond acceptors (Lipinski definition) is 14. The van der Waals surface area contributed by atoms with Crippen molar-refractivity contribution in [1.29, 1.82) is 0 Å². The molecule has 20 nitrogen and oxygen atoms in total. The van der Waals surface area contributed by atoms with Gasteiger partial charge < -0.3 is 40.3 Å². The number of phosphoric ester groups is 1. The largest absolute Gasteiger partial charge is 0.490 e. The summed E-state index contributed by atoms with van der Waals surface area (Å²) in [5, 5.41) is 27.9. The van der Waals surface area contributed by atoms with Crippen LogP contribution in [0.1, 0.15) is 11.8 Å². The molecule has 1 aliphatic heterocycles. The van der Waals surface area contributed by atoms with Gasteiger partial charge in [-0.2, -0.15) is 13.6 Å². The molecule has 0 bridgehead atoms. The molecule has 1 aliphatic rings. The van der Waals surface area contributed by atoms with Crippen LogP contribution >= 0.6 is 23.5 Å². The number of anilines is 1. The standard InChI is InChI=1S/C12H19N6O14P3/c13-10-6(3-17-2-1-14-16-17)4-18(12(21)15-10)11-9(20)8(19)7(30-11)5-29-34(25,26)32-35(27,28)31-33(22,23)24/h1-2,4,7-9,11,19-20H,3,5H2,(H,25,26)(H,27,28)(H2,13,15,21)(H2,22,23,24)/t7-,8?,9+,11-/m1/s1. The van der Waals surface area contributed by atoms with Crippen molar-refractivity contribution in [3.8, 4) is 0 Å². The highest BCUT2D eigenvalue weighted by Crippen LogP contribution is 2.66. The summed E-state index contributed by atoms with van der Waals surface area (Å²) in [6.45, 7) is -1.03. The molecule has 0 saturated carbocycles. The van der Waals surface area contributed by atoms with Gasteiger partial charge in [0.05, 0.1) is 19.3 Å². The molecule has 0 radical (unpaired) electrons. The highest BCUT2D eigenvalue weighted by molar-refractivity contribution is 7.66. The molecule has 1 fully saturated rings. The number of aliphatic hydroxyl groups excluding tert-OH is 2. The van der Waals surface area contributed by atoms with Crippen molar-refractivity contribution < 1.29 is 61.4 Å². The SMILES string of the molecule is Nc1nc(=O)n([C@@H]2O[C@H](COP(=O)(O)OP(=O)(O)OP(=O)(O)O)C(O)[C@@H]2O)cc1Cn1ccnn1. The van der Waals surface area contributed by atoms with E-state index in [0.717, 1.165) is 4.57 Å². The smallest absolute Gasteiger partial charge is 0.387 e. The number of aromatic nitrogens is 5. The van der Waals surface area contributed by atoms with E-state index in [-0.39, 0.29) is 17.9 Å². The second-order valence-corrected chi connectivity index (χ2v) is 11.3. The summed E-state index contributed by atoms with van der Waals surface area (Å²) in [5.41, 5.74) is 5.03. The van der Waals surface area contributed by atoms with Gasteiger partial charge in [0.2, 0.25) is 0 Å². The van der Waals surface area contributed by atoms with Crippen molar-refractivity contribution in [2.45, 2.75) is 31.1 Å². The minimum Gasteiger partial charge on any atom is -0.387 e.